The summed E-state index contributed by atoms with van der Waals surface area (Å²) < 4.78 is 5.71. The number of hydrogen-bond donors (Lipinski definition) is 1. The number of nitrogens with one attached hydrogen (secondary N) is 1. The summed E-state index contributed by atoms with van der Waals surface area (Å²) in [6, 6.07) is 11.5. The van der Waals surface area contributed by atoms with Crippen LogP contribution in [0.25, 0.3) is 11.3 Å². The van der Waals surface area contributed by atoms with Crippen molar-refractivity contribution in [3.63, 3.8) is 0 Å². The van der Waals surface area contributed by atoms with Crippen molar-refractivity contribution in [1.29, 1.82) is 0 Å². The topological polar surface area (TPSA) is 113 Å². The summed E-state index contributed by atoms with van der Waals surface area (Å²) >= 11 is 0. The molecule has 0 aliphatic carbocycles. The van der Waals surface area contributed by atoms with Gasteiger partial charge >= 0.3 is 0 Å². The maximum Gasteiger partial charge on any atom is 0.270 e. The molecule has 0 aliphatic heterocycles. The SMILES string of the molecule is CN(C)c1cc(NN=Cc2ccc(-c3cccc([N+](=O)[O-])c3)o2)nc(N(C)C)n1. The Labute approximate surface area is 167 Å². The first-order valence-electron chi connectivity index (χ1n) is 8.71. The Hall–Kier alpha value is -3.95. The molecule has 2 heterocycles. The van der Waals surface area contributed by atoms with Crippen LogP contribution in [0.15, 0.2) is 52.0 Å². The average molecular weight is 395 g/mol. The van der Waals surface area contributed by atoms with Gasteiger partial charge in [0.05, 0.1) is 11.1 Å². The number of nitro groups is 1. The number of anilines is 3. The summed E-state index contributed by atoms with van der Waals surface area (Å²) in [4.78, 5) is 23.0. The van der Waals surface area contributed by atoms with Gasteiger partial charge in [-0.1, -0.05) is 12.1 Å². The highest BCUT2D eigenvalue weighted by atomic mass is 16.6. The monoisotopic (exact) mass is 395 g/mol. The van der Waals surface area contributed by atoms with E-state index >= 15 is 0 Å². The lowest BCUT2D eigenvalue weighted by Crippen LogP contribution is -2.17. The third-order valence-corrected chi connectivity index (χ3v) is 3.90. The van der Waals surface area contributed by atoms with Crippen molar-refractivity contribution in [1.82, 2.24) is 9.97 Å². The summed E-state index contributed by atoms with van der Waals surface area (Å²) in [6.07, 6.45) is 1.51. The fourth-order valence-electron chi connectivity index (χ4n) is 2.42. The smallest absolute Gasteiger partial charge is 0.270 e. The molecule has 3 aromatic rings. The predicted octanol–water partition coefficient (Wildman–Crippen LogP) is 3.22. The van der Waals surface area contributed by atoms with Crippen LogP contribution in [-0.2, 0) is 0 Å². The van der Waals surface area contributed by atoms with Gasteiger partial charge in [-0.2, -0.15) is 15.1 Å². The summed E-state index contributed by atoms with van der Waals surface area (Å²) in [5.74, 6) is 2.84. The molecule has 3 rings (SSSR count). The van der Waals surface area contributed by atoms with Crippen molar-refractivity contribution in [3.05, 3.63) is 58.3 Å². The molecule has 0 unspecified atom stereocenters. The highest BCUT2D eigenvalue weighted by molar-refractivity contribution is 5.78. The van der Waals surface area contributed by atoms with Crippen LogP contribution in [-0.4, -0.2) is 49.3 Å². The van der Waals surface area contributed by atoms with Crippen LogP contribution in [0.4, 0.5) is 23.3 Å². The number of nitro benzene ring substituents is 1. The van der Waals surface area contributed by atoms with Crippen LogP contribution in [0.5, 0.6) is 0 Å². The number of benzene rings is 1. The normalized spacial score (nSPS) is 10.9. The van der Waals surface area contributed by atoms with Crippen molar-refractivity contribution in [2.75, 3.05) is 43.4 Å². The first-order valence-corrected chi connectivity index (χ1v) is 8.71. The molecule has 0 spiro atoms. The molecule has 150 valence electrons. The van der Waals surface area contributed by atoms with Crippen molar-refractivity contribution in [2.24, 2.45) is 5.10 Å². The second kappa shape index (κ2) is 8.38. The van der Waals surface area contributed by atoms with Crippen LogP contribution >= 0.6 is 0 Å². The quantitative estimate of drug-likeness (QED) is 0.369. The summed E-state index contributed by atoms with van der Waals surface area (Å²) in [5.41, 5.74) is 3.50. The molecular weight excluding hydrogens is 374 g/mol. The lowest BCUT2D eigenvalue weighted by Gasteiger charge is -2.16. The second-order valence-corrected chi connectivity index (χ2v) is 6.58. The molecule has 10 nitrogen and oxygen atoms in total. The number of aromatic nitrogens is 2. The maximum atomic E-state index is 10.9. The van der Waals surface area contributed by atoms with Crippen LogP contribution in [0, 0.1) is 10.1 Å². The largest absolute Gasteiger partial charge is 0.455 e. The van der Waals surface area contributed by atoms with Gasteiger partial charge < -0.3 is 14.2 Å². The zero-order valence-corrected chi connectivity index (χ0v) is 16.5. The average Bonchev–Trinajstić information content (AvgIpc) is 3.16. The Bertz CT molecular complexity index is 1020. The van der Waals surface area contributed by atoms with Crippen molar-refractivity contribution < 1.29 is 9.34 Å². The third-order valence-electron chi connectivity index (χ3n) is 3.90. The fraction of sp³-hybridized carbons (Fsp3) is 0.211. The number of rotatable bonds is 7. The first-order chi connectivity index (χ1) is 13.8. The molecule has 2 aromatic heterocycles. The molecule has 0 bridgehead atoms. The van der Waals surface area contributed by atoms with Crippen molar-refractivity contribution in [3.8, 4) is 11.3 Å². The Kier molecular flexibility index (Phi) is 5.72. The molecule has 1 N–H and O–H groups in total. The number of furan rings is 1. The number of non-ortho nitro benzene ring substituents is 1. The lowest BCUT2D eigenvalue weighted by molar-refractivity contribution is -0.384. The zero-order chi connectivity index (χ0) is 21.0. The molecule has 0 radical (unpaired) electrons. The predicted molar refractivity (Wildman–Crippen MR) is 113 cm³/mol. The van der Waals surface area contributed by atoms with Gasteiger partial charge in [0.2, 0.25) is 5.95 Å². The molecule has 0 saturated carbocycles. The minimum atomic E-state index is -0.440. The molecular formula is C19H21N7O3. The van der Waals surface area contributed by atoms with E-state index in [0.29, 0.717) is 28.9 Å². The summed E-state index contributed by atoms with van der Waals surface area (Å²) in [7, 11) is 7.51. The third kappa shape index (κ3) is 4.86. The van der Waals surface area contributed by atoms with E-state index in [2.05, 4.69) is 20.5 Å². The number of hydrogen-bond acceptors (Lipinski definition) is 9. The Morgan fingerprint density at radius 2 is 1.90 bits per heavy atom. The van der Waals surface area contributed by atoms with E-state index in [1.165, 1.54) is 18.3 Å². The number of hydrazone groups is 1. The first kappa shape index (κ1) is 19.8. The van der Waals surface area contributed by atoms with E-state index < -0.39 is 4.92 Å². The van der Waals surface area contributed by atoms with Crippen LogP contribution in [0.1, 0.15) is 5.76 Å². The van der Waals surface area contributed by atoms with E-state index in [0.717, 1.165) is 5.82 Å². The van der Waals surface area contributed by atoms with Gasteiger partial charge in [-0.3, -0.25) is 15.5 Å². The van der Waals surface area contributed by atoms with Gasteiger partial charge in [-0.25, -0.2) is 0 Å². The molecule has 0 aliphatic rings. The van der Waals surface area contributed by atoms with E-state index in [1.807, 2.05) is 33.1 Å². The minimum Gasteiger partial charge on any atom is -0.455 e. The van der Waals surface area contributed by atoms with Crippen LogP contribution in [0.3, 0.4) is 0 Å². The van der Waals surface area contributed by atoms with Crippen molar-refractivity contribution in [2.45, 2.75) is 0 Å². The molecule has 0 fully saturated rings. The molecule has 10 heteroatoms. The van der Waals surface area contributed by atoms with E-state index in [1.54, 1.807) is 35.2 Å². The highest BCUT2D eigenvalue weighted by Gasteiger charge is 2.10. The van der Waals surface area contributed by atoms with Crippen molar-refractivity contribution >= 4 is 29.5 Å². The molecule has 1 aromatic carbocycles. The summed E-state index contributed by atoms with van der Waals surface area (Å²) in [5, 5.41) is 15.1. The molecule has 0 amide bonds. The van der Waals surface area contributed by atoms with E-state index in [9.17, 15) is 10.1 Å². The molecule has 0 atom stereocenters. The van der Waals surface area contributed by atoms with E-state index in [-0.39, 0.29) is 5.69 Å². The van der Waals surface area contributed by atoms with Crippen LogP contribution in [0.2, 0.25) is 0 Å². The van der Waals surface area contributed by atoms with Gasteiger partial charge in [-0.05, 0) is 12.1 Å². The Morgan fingerprint density at radius 3 is 2.59 bits per heavy atom. The fourth-order valence-corrected chi connectivity index (χ4v) is 2.42. The lowest BCUT2D eigenvalue weighted by atomic mass is 10.1. The Balaban J connectivity index is 1.75. The molecule has 29 heavy (non-hydrogen) atoms. The maximum absolute atomic E-state index is 10.9. The number of nitrogens with zero attached hydrogens (tertiary/aromatic N) is 6. The zero-order valence-electron chi connectivity index (χ0n) is 16.5. The standard InChI is InChI=1S/C19H21N7O3/c1-24(2)18-11-17(21-19(22-18)25(3)4)23-20-12-15-8-9-16(29-15)13-6-5-7-14(10-13)26(27)28/h5-12H,1-4H3,(H,21,22,23). The van der Waals surface area contributed by atoms with Gasteiger partial charge in [-0.15, -0.1) is 0 Å². The van der Waals surface area contributed by atoms with Gasteiger partial charge in [0.25, 0.3) is 5.69 Å². The van der Waals surface area contributed by atoms with Gasteiger partial charge in [0, 0.05) is 52.0 Å². The highest BCUT2D eigenvalue weighted by Crippen LogP contribution is 2.25. The molecule has 0 saturated heterocycles. The Morgan fingerprint density at radius 1 is 1.10 bits per heavy atom. The van der Waals surface area contributed by atoms with Crippen LogP contribution < -0.4 is 15.2 Å². The summed E-state index contributed by atoms with van der Waals surface area (Å²) in [6.45, 7) is 0. The van der Waals surface area contributed by atoms with E-state index in [4.69, 9.17) is 4.42 Å². The van der Waals surface area contributed by atoms with Gasteiger partial charge in [0.15, 0.2) is 5.82 Å². The minimum absolute atomic E-state index is 0.00735. The van der Waals surface area contributed by atoms with Gasteiger partial charge in [0.1, 0.15) is 17.3 Å². The second-order valence-electron chi connectivity index (χ2n) is 6.58.